The largest absolute Gasteiger partial charge is 0.359 e. The van der Waals surface area contributed by atoms with E-state index in [1.165, 1.54) is 0 Å². The molecular weight excluding hydrogens is 264 g/mol. The van der Waals surface area contributed by atoms with Crippen molar-refractivity contribution in [2.45, 2.75) is 32.7 Å². The van der Waals surface area contributed by atoms with Gasteiger partial charge in [-0.25, -0.2) is 0 Å². The molecule has 0 spiro atoms. The van der Waals surface area contributed by atoms with Gasteiger partial charge in [0.1, 0.15) is 0 Å². The summed E-state index contributed by atoms with van der Waals surface area (Å²) in [5.74, 6) is 0.217. The van der Waals surface area contributed by atoms with Crippen molar-refractivity contribution in [1.82, 2.24) is 10.2 Å². The van der Waals surface area contributed by atoms with E-state index in [4.69, 9.17) is 0 Å². The topological polar surface area (TPSA) is 49.4 Å². The van der Waals surface area contributed by atoms with Crippen molar-refractivity contribution in [2.24, 2.45) is 11.8 Å². The number of carbonyl (C=O) groups is 2. The lowest BCUT2D eigenvalue weighted by molar-refractivity contribution is -0.134. The fraction of sp³-hybridized carbons (Fsp3) is 0.529. The molecule has 1 N–H and O–H groups in total. The van der Waals surface area contributed by atoms with Crippen molar-refractivity contribution in [2.75, 3.05) is 13.6 Å². The molecule has 1 saturated heterocycles. The molecule has 0 unspecified atom stereocenters. The molecule has 114 valence electrons. The average Bonchev–Trinajstić information content (AvgIpc) is 2.77. The predicted octanol–water partition coefficient (Wildman–Crippen LogP) is 2.20. The second-order valence-electron chi connectivity index (χ2n) is 5.74. The lowest BCUT2D eigenvalue weighted by atomic mass is 9.88. The summed E-state index contributed by atoms with van der Waals surface area (Å²) in [4.78, 5) is 26.1. The molecule has 2 amide bonds. The number of hydrogen-bond donors (Lipinski definition) is 1. The Kier molecular flexibility index (Phi) is 5.37. The maximum absolute atomic E-state index is 12.6. The summed E-state index contributed by atoms with van der Waals surface area (Å²) in [7, 11) is 1.62. The number of nitrogens with zero attached hydrogens (tertiary/aromatic N) is 1. The number of hydrogen-bond acceptors (Lipinski definition) is 2. The summed E-state index contributed by atoms with van der Waals surface area (Å²) < 4.78 is 0. The van der Waals surface area contributed by atoms with E-state index in [9.17, 15) is 9.59 Å². The second-order valence-corrected chi connectivity index (χ2v) is 5.74. The number of rotatable bonds is 6. The van der Waals surface area contributed by atoms with E-state index in [0.717, 1.165) is 24.9 Å². The molecule has 0 bridgehead atoms. The molecule has 0 saturated carbocycles. The van der Waals surface area contributed by atoms with Crippen molar-refractivity contribution in [3.8, 4) is 0 Å². The van der Waals surface area contributed by atoms with Gasteiger partial charge in [-0.3, -0.25) is 9.59 Å². The van der Waals surface area contributed by atoms with Crippen LogP contribution < -0.4 is 5.32 Å². The van der Waals surface area contributed by atoms with E-state index >= 15 is 0 Å². The zero-order chi connectivity index (χ0) is 15.2. The Morgan fingerprint density at radius 3 is 2.67 bits per heavy atom. The van der Waals surface area contributed by atoms with Crippen molar-refractivity contribution in [1.29, 1.82) is 0 Å². The zero-order valence-corrected chi connectivity index (χ0v) is 12.8. The molecule has 1 fully saturated rings. The van der Waals surface area contributed by atoms with Crippen molar-refractivity contribution in [3.63, 3.8) is 0 Å². The van der Waals surface area contributed by atoms with E-state index in [2.05, 4.69) is 12.2 Å². The molecule has 4 heteroatoms. The van der Waals surface area contributed by atoms with Crippen LogP contribution in [-0.2, 0) is 16.1 Å². The third-order valence-electron chi connectivity index (χ3n) is 4.21. The summed E-state index contributed by atoms with van der Waals surface area (Å²) in [5, 5.41) is 2.63. The first-order chi connectivity index (χ1) is 10.2. The Morgan fingerprint density at radius 1 is 1.33 bits per heavy atom. The van der Waals surface area contributed by atoms with E-state index < -0.39 is 0 Å². The molecule has 0 radical (unpaired) electrons. The molecule has 2 rings (SSSR count). The van der Waals surface area contributed by atoms with Gasteiger partial charge in [0.15, 0.2) is 0 Å². The van der Waals surface area contributed by atoms with Crippen LogP contribution in [-0.4, -0.2) is 30.3 Å². The van der Waals surface area contributed by atoms with Gasteiger partial charge in [0.25, 0.3) is 0 Å². The van der Waals surface area contributed by atoms with Crippen LogP contribution in [0.3, 0.4) is 0 Å². The van der Waals surface area contributed by atoms with Crippen LogP contribution in [0.4, 0.5) is 0 Å². The highest BCUT2D eigenvalue weighted by atomic mass is 16.2. The Balaban J connectivity index is 2.07. The van der Waals surface area contributed by atoms with Gasteiger partial charge in [-0.05, 0) is 17.9 Å². The standard InChI is InChI=1S/C17H24N2O2/c1-3-7-14-12-19(11-13-8-5-4-6-9-13)17(21)15(14)10-16(20)18-2/h4-6,8-9,14-15H,3,7,10-12H2,1-2H3,(H,18,20)/t14-,15-/m0/s1. The summed E-state index contributed by atoms with van der Waals surface area (Å²) in [6.45, 7) is 3.54. The Bertz CT molecular complexity index is 487. The molecule has 2 atom stereocenters. The number of carbonyl (C=O) groups excluding carboxylic acids is 2. The molecule has 1 aromatic carbocycles. The van der Waals surface area contributed by atoms with E-state index in [0.29, 0.717) is 18.9 Å². The third kappa shape index (κ3) is 3.84. The Labute approximate surface area is 126 Å². The zero-order valence-electron chi connectivity index (χ0n) is 12.8. The van der Waals surface area contributed by atoms with Gasteiger partial charge >= 0.3 is 0 Å². The van der Waals surface area contributed by atoms with E-state index in [1.807, 2.05) is 35.2 Å². The van der Waals surface area contributed by atoms with Gasteiger partial charge in [-0.2, -0.15) is 0 Å². The smallest absolute Gasteiger partial charge is 0.226 e. The summed E-state index contributed by atoms with van der Waals surface area (Å²) in [6, 6.07) is 10.0. The molecule has 0 aliphatic carbocycles. The minimum Gasteiger partial charge on any atom is -0.359 e. The van der Waals surface area contributed by atoms with Crippen LogP contribution in [0.1, 0.15) is 31.7 Å². The van der Waals surface area contributed by atoms with Crippen molar-refractivity contribution < 1.29 is 9.59 Å². The van der Waals surface area contributed by atoms with Gasteiger partial charge in [0.2, 0.25) is 11.8 Å². The first-order valence-corrected chi connectivity index (χ1v) is 7.69. The summed E-state index contributed by atoms with van der Waals surface area (Å²) in [5.41, 5.74) is 1.14. The van der Waals surface area contributed by atoms with Gasteiger partial charge in [0.05, 0.1) is 5.92 Å². The highest BCUT2D eigenvalue weighted by molar-refractivity contribution is 5.87. The quantitative estimate of drug-likeness (QED) is 0.872. The van der Waals surface area contributed by atoms with Crippen LogP contribution in [0, 0.1) is 11.8 Å². The van der Waals surface area contributed by atoms with Gasteiger partial charge < -0.3 is 10.2 Å². The van der Waals surface area contributed by atoms with Gasteiger partial charge in [-0.1, -0.05) is 43.7 Å². The molecular formula is C17H24N2O2. The van der Waals surface area contributed by atoms with Crippen molar-refractivity contribution >= 4 is 11.8 Å². The monoisotopic (exact) mass is 288 g/mol. The lowest BCUT2D eigenvalue weighted by Crippen LogP contribution is -2.30. The maximum Gasteiger partial charge on any atom is 0.226 e. The van der Waals surface area contributed by atoms with E-state index in [-0.39, 0.29) is 17.7 Å². The lowest BCUT2D eigenvalue weighted by Gasteiger charge is -2.16. The minimum atomic E-state index is -0.159. The van der Waals surface area contributed by atoms with Crippen LogP contribution in [0.5, 0.6) is 0 Å². The molecule has 1 aliphatic heterocycles. The van der Waals surface area contributed by atoms with Crippen LogP contribution in [0.2, 0.25) is 0 Å². The normalized spacial score (nSPS) is 21.6. The van der Waals surface area contributed by atoms with Crippen LogP contribution >= 0.6 is 0 Å². The fourth-order valence-electron chi connectivity index (χ4n) is 3.10. The third-order valence-corrected chi connectivity index (χ3v) is 4.21. The number of nitrogens with one attached hydrogen (secondary N) is 1. The predicted molar refractivity (Wildman–Crippen MR) is 82.4 cm³/mol. The number of benzene rings is 1. The molecule has 0 aromatic heterocycles. The number of likely N-dealkylation sites (tertiary alicyclic amines) is 1. The molecule has 21 heavy (non-hydrogen) atoms. The van der Waals surface area contributed by atoms with Crippen LogP contribution in [0.25, 0.3) is 0 Å². The Morgan fingerprint density at radius 2 is 2.05 bits per heavy atom. The molecule has 1 aromatic rings. The highest BCUT2D eigenvalue weighted by Crippen LogP contribution is 2.32. The van der Waals surface area contributed by atoms with Crippen molar-refractivity contribution in [3.05, 3.63) is 35.9 Å². The summed E-state index contributed by atoms with van der Waals surface area (Å²) in [6.07, 6.45) is 2.35. The average molecular weight is 288 g/mol. The minimum absolute atomic E-state index is 0.0454. The molecule has 4 nitrogen and oxygen atoms in total. The Hall–Kier alpha value is -1.84. The maximum atomic E-state index is 12.6. The van der Waals surface area contributed by atoms with E-state index in [1.54, 1.807) is 7.05 Å². The van der Waals surface area contributed by atoms with Crippen LogP contribution in [0.15, 0.2) is 30.3 Å². The molecule has 1 heterocycles. The SMILES string of the molecule is CCC[C@H]1CN(Cc2ccccc2)C(=O)[C@H]1CC(=O)NC. The second kappa shape index (κ2) is 7.25. The highest BCUT2D eigenvalue weighted by Gasteiger charge is 2.40. The number of amides is 2. The van der Waals surface area contributed by atoms with Gasteiger partial charge in [-0.15, -0.1) is 0 Å². The fourth-order valence-corrected chi connectivity index (χ4v) is 3.10. The first kappa shape index (κ1) is 15.5. The molecule has 1 aliphatic rings. The first-order valence-electron chi connectivity index (χ1n) is 7.69. The summed E-state index contributed by atoms with van der Waals surface area (Å²) >= 11 is 0. The van der Waals surface area contributed by atoms with Gasteiger partial charge in [0, 0.05) is 26.6 Å².